The van der Waals surface area contributed by atoms with Gasteiger partial charge in [-0.1, -0.05) is 54.6 Å². The summed E-state index contributed by atoms with van der Waals surface area (Å²) in [6, 6.07) is 17.4. The molecule has 0 aliphatic carbocycles. The topological polar surface area (TPSA) is 69.7 Å². The van der Waals surface area contributed by atoms with Gasteiger partial charge in [-0.3, -0.25) is 9.69 Å². The Morgan fingerprint density at radius 2 is 1.62 bits per heavy atom. The summed E-state index contributed by atoms with van der Waals surface area (Å²) in [6.07, 6.45) is 3.61. The molecule has 1 N–H and O–H groups in total. The van der Waals surface area contributed by atoms with Crippen LogP contribution in [0.2, 0.25) is 0 Å². The third kappa shape index (κ3) is 6.66. The van der Waals surface area contributed by atoms with Gasteiger partial charge in [0.2, 0.25) is 15.9 Å². The van der Waals surface area contributed by atoms with E-state index in [9.17, 15) is 13.2 Å². The number of sulfonamides is 1. The number of likely N-dealkylation sites (tertiary alicyclic amines) is 1. The average Bonchev–Trinajstić information content (AvgIpc) is 3.20. The van der Waals surface area contributed by atoms with E-state index in [1.54, 1.807) is 0 Å². The quantitative estimate of drug-likeness (QED) is 0.683. The fourth-order valence-electron chi connectivity index (χ4n) is 3.55. The van der Waals surface area contributed by atoms with E-state index >= 15 is 0 Å². The van der Waals surface area contributed by atoms with Crippen LogP contribution >= 0.6 is 0 Å². The molecule has 0 unspecified atom stereocenters. The highest BCUT2D eigenvalue weighted by atomic mass is 32.2. The fourth-order valence-corrected chi connectivity index (χ4v) is 4.29. The summed E-state index contributed by atoms with van der Waals surface area (Å²) < 4.78 is 25.5. The summed E-state index contributed by atoms with van der Waals surface area (Å²) in [7, 11) is -3.50. The van der Waals surface area contributed by atoms with Crippen LogP contribution in [0.1, 0.15) is 29.5 Å². The maximum atomic E-state index is 12.5. The van der Waals surface area contributed by atoms with Gasteiger partial charge in [-0.25, -0.2) is 8.42 Å². The first-order valence-corrected chi connectivity index (χ1v) is 11.8. The number of carbonyl (C=O) groups excluding carboxylic acids is 1. The number of hydrogen-bond donors (Lipinski definition) is 1. The smallest absolute Gasteiger partial charge is 0.235 e. The monoisotopic (exact) mass is 415 g/mol. The van der Waals surface area contributed by atoms with Gasteiger partial charge in [0.25, 0.3) is 0 Å². The summed E-state index contributed by atoms with van der Waals surface area (Å²) >= 11 is 0. The number of benzene rings is 2. The van der Waals surface area contributed by atoms with Gasteiger partial charge in [0, 0.05) is 19.6 Å². The van der Waals surface area contributed by atoms with E-state index in [4.69, 9.17) is 0 Å². The molecule has 1 aliphatic heterocycles. The second-order valence-electron chi connectivity index (χ2n) is 7.55. The van der Waals surface area contributed by atoms with Crippen molar-refractivity contribution in [2.75, 3.05) is 25.9 Å². The zero-order chi connectivity index (χ0) is 20.7. The highest BCUT2D eigenvalue weighted by Gasteiger charge is 2.21. The van der Waals surface area contributed by atoms with E-state index in [1.807, 2.05) is 48.5 Å². The summed E-state index contributed by atoms with van der Waals surface area (Å²) in [5, 5.41) is 2.89. The van der Waals surface area contributed by atoms with Crippen LogP contribution in [0.3, 0.4) is 0 Å². The third-order valence-corrected chi connectivity index (χ3v) is 6.37. The second kappa shape index (κ2) is 10.0. The van der Waals surface area contributed by atoms with E-state index in [-0.39, 0.29) is 19.0 Å². The summed E-state index contributed by atoms with van der Waals surface area (Å²) in [6.45, 7) is 3.49. The van der Waals surface area contributed by atoms with E-state index in [0.717, 1.165) is 37.0 Å². The number of nitrogens with zero attached hydrogens (tertiary/aromatic N) is 2. The first kappa shape index (κ1) is 21.5. The Balaban J connectivity index is 1.59. The van der Waals surface area contributed by atoms with Crippen molar-refractivity contribution in [3.8, 4) is 0 Å². The molecule has 7 heteroatoms. The Morgan fingerprint density at radius 3 is 2.28 bits per heavy atom. The molecule has 0 radical (unpaired) electrons. The molecule has 1 aliphatic rings. The Morgan fingerprint density at radius 1 is 1.00 bits per heavy atom. The summed E-state index contributed by atoms with van der Waals surface area (Å²) in [4.78, 5) is 14.9. The van der Waals surface area contributed by atoms with Gasteiger partial charge in [0.1, 0.15) is 0 Å². The van der Waals surface area contributed by atoms with Crippen molar-refractivity contribution in [1.29, 1.82) is 0 Å². The van der Waals surface area contributed by atoms with Gasteiger partial charge >= 0.3 is 0 Å². The normalized spacial score (nSPS) is 15.0. The summed E-state index contributed by atoms with van der Waals surface area (Å²) in [5.41, 5.74) is 3.13. The lowest BCUT2D eigenvalue weighted by Gasteiger charge is -2.20. The molecule has 1 fully saturated rings. The Kier molecular flexibility index (Phi) is 7.41. The van der Waals surface area contributed by atoms with Crippen LogP contribution in [0.4, 0.5) is 0 Å². The Bertz CT molecular complexity index is 910. The number of amides is 1. The minimum atomic E-state index is -3.50. The molecule has 1 amide bonds. The van der Waals surface area contributed by atoms with Gasteiger partial charge < -0.3 is 5.32 Å². The molecular formula is C22H29N3O3S. The van der Waals surface area contributed by atoms with Crippen molar-refractivity contribution < 1.29 is 13.2 Å². The molecule has 2 aromatic rings. The van der Waals surface area contributed by atoms with Gasteiger partial charge in [0.15, 0.2) is 0 Å². The first-order chi connectivity index (χ1) is 13.9. The predicted molar refractivity (Wildman–Crippen MR) is 114 cm³/mol. The maximum Gasteiger partial charge on any atom is 0.235 e. The largest absolute Gasteiger partial charge is 0.351 e. The van der Waals surface area contributed by atoms with Crippen LogP contribution in [-0.2, 0) is 34.5 Å². The zero-order valence-corrected chi connectivity index (χ0v) is 17.7. The predicted octanol–water partition coefficient (Wildman–Crippen LogP) is 2.36. The Labute approximate surface area is 173 Å². The highest BCUT2D eigenvalue weighted by molar-refractivity contribution is 7.88. The molecule has 1 saturated heterocycles. The van der Waals surface area contributed by atoms with Crippen LogP contribution in [0, 0.1) is 0 Å². The SMILES string of the molecule is CS(=O)(=O)N(CC(=O)NCc1ccccc1CN1CCCC1)Cc1ccccc1. The molecule has 0 spiro atoms. The van der Waals surface area contributed by atoms with E-state index < -0.39 is 10.0 Å². The van der Waals surface area contributed by atoms with Gasteiger partial charge in [-0.2, -0.15) is 4.31 Å². The average molecular weight is 416 g/mol. The Hall–Kier alpha value is -2.22. The number of hydrogen-bond acceptors (Lipinski definition) is 4. The molecule has 0 saturated carbocycles. The van der Waals surface area contributed by atoms with Crippen molar-refractivity contribution in [1.82, 2.24) is 14.5 Å². The van der Waals surface area contributed by atoms with Crippen molar-refractivity contribution in [3.63, 3.8) is 0 Å². The minimum absolute atomic E-state index is 0.179. The molecule has 0 bridgehead atoms. The first-order valence-electron chi connectivity index (χ1n) is 9.97. The number of carbonyl (C=O) groups is 1. The van der Waals surface area contributed by atoms with Gasteiger partial charge in [-0.15, -0.1) is 0 Å². The molecule has 2 aromatic carbocycles. The van der Waals surface area contributed by atoms with Gasteiger partial charge in [0.05, 0.1) is 12.8 Å². The van der Waals surface area contributed by atoms with Crippen molar-refractivity contribution >= 4 is 15.9 Å². The van der Waals surface area contributed by atoms with E-state index in [1.165, 1.54) is 22.7 Å². The van der Waals surface area contributed by atoms with Gasteiger partial charge in [-0.05, 0) is 42.6 Å². The van der Waals surface area contributed by atoms with Crippen LogP contribution in [0.5, 0.6) is 0 Å². The molecule has 6 nitrogen and oxygen atoms in total. The van der Waals surface area contributed by atoms with Crippen LogP contribution in [0.15, 0.2) is 54.6 Å². The minimum Gasteiger partial charge on any atom is -0.351 e. The van der Waals surface area contributed by atoms with E-state index in [2.05, 4.69) is 16.3 Å². The van der Waals surface area contributed by atoms with E-state index in [0.29, 0.717) is 6.54 Å². The second-order valence-corrected chi connectivity index (χ2v) is 9.53. The molecule has 3 rings (SSSR count). The molecular weight excluding hydrogens is 386 g/mol. The highest BCUT2D eigenvalue weighted by Crippen LogP contribution is 2.16. The van der Waals surface area contributed by atoms with Crippen LogP contribution in [0.25, 0.3) is 0 Å². The van der Waals surface area contributed by atoms with Crippen molar-refractivity contribution in [3.05, 3.63) is 71.3 Å². The molecule has 0 atom stereocenters. The summed E-state index contributed by atoms with van der Waals surface area (Å²) in [5.74, 6) is -0.303. The standard InChI is InChI=1S/C22H29N3O3S/c1-29(27,28)25(16-19-9-3-2-4-10-19)18-22(26)23-15-20-11-5-6-12-21(20)17-24-13-7-8-14-24/h2-6,9-12H,7-8,13-18H2,1H3,(H,23,26). The lowest BCUT2D eigenvalue weighted by atomic mass is 10.1. The number of rotatable bonds is 9. The molecule has 1 heterocycles. The molecule has 156 valence electrons. The fraction of sp³-hybridized carbons (Fsp3) is 0.409. The van der Waals surface area contributed by atoms with Crippen molar-refractivity contribution in [2.24, 2.45) is 0 Å². The van der Waals surface area contributed by atoms with Crippen molar-refractivity contribution in [2.45, 2.75) is 32.5 Å². The lowest BCUT2D eigenvalue weighted by molar-refractivity contribution is -0.121. The van der Waals surface area contributed by atoms with Crippen LogP contribution in [-0.4, -0.2) is 49.4 Å². The van der Waals surface area contributed by atoms with Crippen LogP contribution < -0.4 is 5.32 Å². The molecule has 29 heavy (non-hydrogen) atoms. The molecule has 0 aromatic heterocycles. The lowest BCUT2D eigenvalue weighted by Crippen LogP contribution is -2.39. The number of nitrogens with one attached hydrogen (secondary N) is 1. The zero-order valence-electron chi connectivity index (χ0n) is 16.9. The third-order valence-electron chi connectivity index (χ3n) is 5.18. The maximum absolute atomic E-state index is 12.5.